The minimum Gasteiger partial charge on any atom is -0.353 e. The van der Waals surface area contributed by atoms with Crippen LogP contribution >= 0.6 is 0 Å². The van der Waals surface area contributed by atoms with Crippen molar-refractivity contribution in [3.8, 4) is 0 Å². The summed E-state index contributed by atoms with van der Waals surface area (Å²) in [7, 11) is -3.56. The first-order valence-corrected chi connectivity index (χ1v) is 12.7. The Morgan fingerprint density at radius 2 is 1.62 bits per heavy atom. The van der Waals surface area contributed by atoms with Crippen LogP contribution in [0.25, 0.3) is 10.8 Å². The average Bonchev–Trinajstić information content (AvgIpc) is 2.83. The first kappa shape index (κ1) is 22.5. The second-order valence-electron chi connectivity index (χ2n) is 8.62. The van der Waals surface area contributed by atoms with Crippen molar-refractivity contribution in [3.05, 3.63) is 78.4 Å². The lowest BCUT2D eigenvalue weighted by Gasteiger charge is -2.31. The molecule has 32 heavy (non-hydrogen) atoms. The molecule has 1 aliphatic rings. The maximum Gasteiger partial charge on any atom is 0.243 e. The number of hydrogen-bond donors (Lipinski definition) is 1. The third-order valence-electron chi connectivity index (χ3n) is 6.28. The van der Waals surface area contributed by atoms with Gasteiger partial charge in [0.2, 0.25) is 15.9 Å². The molecule has 4 rings (SSSR count). The number of sulfonamides is 1. The van der Waals surface area contributed by atoms with Crippen LogP contribution in [-0.4, -0.2) is 37.8 Å². The van der Waals surface area contributed by atoms with Crippen LogP contribution in [0.5, 0.6) is 0 Å². The van der Waals surface area contributed by atoms with E-state index < -0.39 is 10.0 Å². The molecular weight excluding hydrogens is 420 g/mol. The van der Waals surface area contributed by atoms with Gasteiger partial charge in [-0.2, -0.15) is 4.31 Å². The molecule has 0 unspecified atom stereocenters. The van der Waals surface area contributed by atoms with Gasteiger partial charge in [-0.15, -0.1) is 0 Å². The summed E-state index contributed by atoms with van der Waals surface area (Å²) >= 11 is 0. The zero-order chi connectivity index (χ0) is 22.6. The van der Waals surface area contributed by atoms with Crippen molar-refractivity contribution < 1.29 is 13.2 Å². The molecule has 0 radical (unpaired) electrons. The van der Waals surface area contributed by atoms with Crippen LogP contribution in [0, 0.1) is 5.92 Å². The van der Waals surface area contributed by atoms with E-state index >= 15 is 0 Å². The molecule has 0 bridgehead atoms. The van der Waals surface area contributed by atoms with Crippen LogP contribution in [0.3, 0.4) is 0 Å². The van der Waals surface area contributed by atoms with Gasteiger partial charge >= 0.3 is 0 Å². The van der Waals surface area contributed by atoms with E-state index in [-0.39, 0.29) is 17.9 Å². The number of nitrogens with one attached hydrogen (secondary N) is 1. The van der Waals surface area contributed by atoms with Gasteiger partial charge in [0.25, 0.3) is 0 Å². The summed E-state index contributed by atoms with van der Waals surface area (Å²) in [6.07, 6.45) is 2.89. The van der Waals surface area contributed by atoms with E-state index in [0.29, 0.717) is 30.8 Å². The largest absolute Gasteiger partial charge is 0.353 e. The van der Waals surface area contributed by atoms with Crippen molar-refractivity contribution in [2.45, 2.75) is 43.5 Å². The molecule has 3 aromatic rings. The fraction of sp³-hybridized carbons (Fsp3) is 0.346. The number of fused-ring (bicyclic) bond motifs is 1. The van der Waals surface area contributed by atoms with Gasteiger partial charge in [0.05, 0.1) is 4.90 Å². The minimum atomic E-state index is -3.56. The highest BCUT2D eigenvalue weighted by Crippen LogP contribution is 2.26. The molecule has 0 aliphatic carbocycles. The summed E-state index contributed by atoms with van der Waals surface area (Å²) < 4.78 is 27.8. The van der Waals surface area contributed by atoms with Gasteiger partial charge in [0.15, 0.2) is 0 Å². The van der Waals surface area contributed by atoms with Gasteiger partial charge < -0.3 is 5.32 Å². The Hall–Kier alpha value is -2.70. The molecule has 3 aromatic carbocycles. The van der Waals surface area contributed by atoms with Crippen LogP contribution in [0.4, 0.5) is 0 Å². The van der Waals surface area contributed by atoms with Crippen LogP contribution in [0.1, 0.15) is 31.7 Å². The Bertz CT molecular complexity index is 1170. The number of hydrogen-bond acceptors (Lipinski definition) is 3. The van der Waals surface area contributed by atoms with Crippen molar-refractivity contribution in [2.24, 2.45) is 5.92 Å². The summed E-state index contributed by atoms with van der Waals surface area (Å²) in [5.74, 6) is -0.106. The molecular formula is C26H30N2O3S. The number of nitrogens with zero attached hydrogens (tertiary/aromatic N) is 1. The summed E-state index contributed by atoms with van der Waals surface area (Å²) in [4.78, 5) is 13.0. The van der Waals surface area contributed by atoms with Crippen molar-refractivity contribution in [1.82, 2.24) is 9.62 Å². The van der Waals surface area contributed by atoms with Crippen LogP contribution in [0.15, 0.2) is 77.7 Å². The average molecular weight is 451 g/mol. The first-order chi connectivity index (χ1) is 15.4. The Labute approximate surface area is 190 Å². The predicted molar refractivity (Wildman–Crippen MR) is 128 cm³/mol. The number of benzene rings is 3. The third kappa shape index (κ3) is 5.19. The summed E-state index contributed by atoms with van der Waals surface area (Å²) in [5, 5.41) is 5.04. The smallest absolute Gasteiger partial charge is 0.243 e. The van der Waals surface area contributed by atoms with Gasteiger partial charge in [-0.05, 0) is 61.1 Å². The van der Waals surface area contributed by atoms with Crippen molar-refractivity contribution in [3.63, 3.8) is 0 Å². The molecule has 0 aromatic heterocycles. The lowest BCUT2D eigenvalue weighted by Crippen LogP contribution is -2.44. The number of aryl methyl sites for hydroxylation is 1. The molecule has 1 fully saturated rings. The molecule has 168 valence electrons. The fourth-order valence-electron chi connectivity index (χ4n) is 4.30. The Morgan fingerprint density at radius 1 is 0.969 bits per heavy atom. The lowest BCUT2D eigenvalue weighted by atomic mass is 9.96. The number of amides is 1. The topological polar surface area (TPSA) is 66.5 Å². The SMILES string of the molecule is C[C@@H](CCc1ccccc1)NC(=O)C1CCN(S(=O)(=O)c2ccc3ccccc3c2)CC1. The first-order valence-electron chi connectivity index (χ1n) is 11.3. The van der Waals surface area contributed by atoms with E-state index in [4.69, 9.17) is 0 Å². The van der Waals surface area contributed by atoms with E-state index in [1.807, 2.05) is 55.5 Å². The quantitative estimate of drug-likeness (QED) is 0.581. The van der Waals surface area contributed by atoms with E-state index in [1.165, 1.54) is 9.87 Å². The molecule has 1 N–H and O–H groups in total. The van der Waals surface area contributed by atoms with Crippen molar-refractivity contribution in [2.75, 3.05) is 13.1 Å². The van der Waals surface area contributed by atoms with E-state index in [0.717, 1.165) is 23.6 Å². The molecule has 1 heterocycles. The van der Waals surface area contributed by atoms with Gasteiger partial charge in [-0.3, -0.25) is 4.79 Å². The molecule has 1 saturated heterocycles. The molecule has 6 heteroatoms. The Balaban J connectivity index is 1.31. The Morgan fingerprint density at radius 3 is 2.34 bits per heavy atom. The van der Waals surface area contributed by atoms with Crippen molar-refractivity contribution >= 4 is 26.7 Å². The van der Waals surface area contributed by atoms with Crippen LogP contribution < -0.4 is 5.32 Å². The molecule has 0 saturated carbocycles. The highest BCUT2D eigenvalue weighted by atomic mass is 32.2. The van der Waals surface area contributed by atoms with E-state index in [2.05, 4.69) is 17.4 Å². The lowest BCUT2D eigenvalue weighted by molar-refractivity contribution is -0.126. The van der Waals surface area contributed by atoms with Gasteiger partial charge in [0.1, 0.15) is 0 Å². The zero-order valence-corrected chi connectivity index (χ0v) is 19.2. The zero-order valence-electron chi connectivity index (χ0n) is 18.4. The highest BCUT2D eigenvalue weighted by Gasteiger charge is 2.32. The van der Waals surface area contributed by atoms with Gasteiger partial charge in [0, 0.05) is 25.0 Å². The summed E-state index contributed by atoms with van der Waals surface area (Å²) in [5.41, 5.74) is 1.26. The minimum absolute atomic E-state index is 0.0355. The normalized spacial score (nSPS) is 16.7. The Kier molecular flexibility index (Phi) is 6.92. The maximum absolute atomic E-state index is 13.1. The monoisotopic (exact) mass is 450 g/mol. The van der Waals surface area contributed by atoms with Crippen molar-refractivity contribution in [1.29, 1.82) is 0 Å². The van der Waals surface area contributed by atoms with Gasteiger partial charge in [-0.1, -0.05) is 60.7 Å². The summed E-state index contributed by atoms with van der Waals surface area (Å²) in [6.45, 7) is 2.76. The molecule has 1 amide bonds. The molecule has 5 nitrogen and oxygen atoms in total. The summed E-state index contributed by atoms with van der Waals surface area (Å²) in [6, 6.07) is 23.3. The number of carbonyl (C=O) groups is 1. The molecule has 1 atom stereocenters. The van der Waals surface area contributed by atoms with E-state index in [9.17, 15) is 13.2 Å². The standard InChI is InChI=1S/C26H30N2O3S/c1-20(11-12-21-7-3-2-4-8-21)27-26(29)23-15-17-28(18-16-23)32(30,31)25-14-13-22-9-5-6-10-24(22)19-25/h2-10,13-14,19-20,23H,11-12,15-18H2,1H3,(H,27,29)/t20-/m0/s1. The number of piperidine rings is 1. The van der Waals surface area contributed by atoms with Crippen LogP contribution in [-0.2, 0) is 21.2 Å². The highest BCUT2D eigenvalue weighted by molar-refractivity contribution is 7.89. The fourth-order valence-corrected chi connectivity index (χ4v) is 5.80. The molecule has 0 spiro atoms. The second kappa shape index (κ2) is 9.84. The number of carbonyl (C=O) groups excluding carboxylic acids is 1. The van der Waals surface area contributed by atoms with E-state index in [1.54, 1.807) is 12.1 Å². The third-order valence-corrected chi connectivity index (χ3v) is 8.18. The number of rotatable bonds is 7. The predicted octanol–water partition coefficient (Wildman–Crippen LogP) is 4.38. The van der Waals surface area contributed by atoms with Gasteiger partial charge in [-0.25, -0.2) is 8.42 Å². The second-order valence-corrected chi connectivity index (χ2v) is 10.6. The molecule has 1 aliphatic heterocycles. The van der Waals surface area contributed by atoms with Crippen LogP contribution in [0.2, 0.25) is 0 Å². The maximum atomic E-state index is 13.1.